The van der Waals surface area contributed by atoms with Crippen LogP contribution < -0.4 is 5.32 Å². The quantitative estimate of drug-likeness (QED) is 0.786. The highest BCUT2D eigenvalue weighted by Gasteiger charge is 2.28. The molecule has 0 radical (unpaired) electrons. The summed E-state index contributed by atoms with van der Waals surface area (Å²) in [5, 5.41) is 8.86. The predicted octanol–water partition coefficient (Wildman–Crippen LogP) is 3.42. The smallest absolute Gasteiger partial charge is 0.167 e. The van der Waals surface area contributed by atoms with Gasteiger partial charge in [-0.15, -0.1) is 0 Å². The molecule has 1 fully saturated rings. The van der Waals surface area contributed by atoms with E-state index in [4.69, 9.17) is 4.52 Å². The van der Waals surface area contributed by atoms with Crippen molar-refractivity contribution in [3.8, 4) is 0 Å². The maximum absolute atomic E-state index is 5.40. The van der Waals surface area contributed by atoms with E-state index >= 15 is 0 Å². The number of rotatable bonds is 7. The summed E-state index contributed by atoms with van der Waals surface area (Å²) in [6, 6.07) is 2.62. The van der Waals surface area contributed by atoms with Crippen molar-refractivity contribution in [2.75, 3.05) is 6.26 Å². The van der Waals surface area contributed by atoms with Gasteiger partial charge in [-0.25, -0.2) is 4.98 Å². The molecule has 0 amide bonds. The van der Waals surface area contributed by atoms with Gasteiger partial charge in [-0.05, 0) is 38.9 Å². The Morgan fingerprint density at radius 1 is 1.43 bits per heavy atom. The van der Waals surface area contributed by atoms with Crippen molar-refractivity contribution in [2.24, 2.45) is 5.92 Å². The van der Waals surface area contributed by atoms with Crippen LogP contribution in [-0.2, 0) is 19.5 Å². The van der Waals surface area contributed by atoms with Crippen LogP contribution in [-0.4, -0.2) is 27.0 Å². The van der Waals surface area contributed by atoms with Crippen LogP contribution in [0.5, 0.6) is 0 Å². The molecule has 5 nitrogen and oxygen atoms in total. The minimum absolute atomic E-state index is 0.554. The van der Waals surface area contributed by atoms with Gasteiger partial charge in [-0.1, -0.05) is 23.3 Å². The average molecular weight is 334 g/mol. The van der Waals surface area contributed by atoms with E-state index in [2.05, 4.69) is 39.3 Å². The van der Waals surface area contributed by atoms with Crippen LogP contribution >= 0.6 is 11.8 Å². The van der Waals surface area contributed by atoms with E-state index in [0.717, 1.165) is 36.1 Å². The van der Waals surface area contributed by atoms with Crippen LogP contribution in [0.25, 0.3) is 0 Å². The minimum atomic E-state index is 0.554. The van der Waals surface area contributed by atoms with Gasteiger partial charge in [0.2, 0.25) is 0 Å². The van der Waals surface area contributed by atoms with E-state index in [9.17, 15) is 0 Å². The lowest BCUT2D eigenvalue weighted by Crippen LogP contribution is -2.33. The van der Waals surface area contributed by atoms with Gasteiger partial charge in [0.15, 0.2) is 5.16 Å². The van der Waals surface area contributed by atoms with Gasteiger partial charge in [0.05, 0.1) is 17.6 Å². The molecule has 1 N–H and O–H groups in total. The molecule has 2 aromatic heterocycles. The van der Waals surface area contributed by atoms with Crippen molar-refractivity contribution in [3.63, 3.8) is 0 Å². The first-order valence-electron chi connectivity index (χ1n) is 8.45. The summed E-state index contributed by atoms with van der Waals surface area (Å²) >= 11 is 1.71. The van der Waals surface area contributed by atoms with Crippen molar-refractivity contribution in [1.29, 1.82) is 0 Å². The number of hydrogen-bond acceptors (Lipinski definition) is 5. The Balaban J connectivity index is 1.59. The van der Waals surface area contributed by atoms with Crippen molar-refractivity contribution in [2.45, 2.75) is 63.8 Å². The lowest BCUT2D eigenvalue weighted by atomic mass is 9.98. The summed E-state index contributed by atoms with van der Waals surface area (Å²) in [6.45, 7) is 6.01. The molecule has 3 rings (SSSR count). The number of aryl methyl sites for hydroxylation is 1. The maximum Gasteiger partial charge on any atom is 0.167 e. The normalized spacial score (nSPS) is 21.2. The Kier molecular flexibility index (Phi) is 5.43. The summed E-state index contributed by atoms with van der Waals surface area (Å²) < 4.78 is 7.69. The van der Waals surface area contributed by atoms with Crippen LogP contribution in [0.3, 0.4) is 0 Å². The zero-order chi connectivity index (χ0) is 16.2. The van der Waals surface area contributed by atoms with Gasteiger partial charge in [-0.2, -0.15) is 0 Å². The zero-order valence-electron chi connectivity index (χ0n) is 14.2. The molecule has 0 spiro atoms. The van der Waals surface area contributed by atoms with Crippen molar-refractivity contribution >= 4 is 11.8 Å². The monoisotopic (exact) mass is 334 g/mol. The summed E-state index contributed by atoms with van der Waals surface area (Å²) in [6.07, 6.45) is 8.87. The third kappa shape index (κ3) is 3.80. The fourth-order valence-corrected chi connectivity index (χ4v) is 4.22. The maximum atomic E-state index is 5.40. The van der Waals surface area contributed by atoms with E-state index in [1.165, 1.54) is 25.0 Å². The third-order valence-corrected chi connectivity index (χ3v) is 5.44. The van der Waals surface area contributed by atoms with Gasteiger partial charge in [0, 0.05) is 31.6 Å². The van der Waals surface area contributed by atoms with E-state index in [-0.39, 0.29) is 0 Å². The fourth-order valence-electron chi connectivity index (χ4n) is 3.59. The average Bonchev–Trinajstić information content (AvgIpc) is 3.25. The van der Waals surface area contributed by atoms with E-state index in [0.29, 0.717) is 12.0 Å². The molecular weight excluding hydrogens is 308 g/mol. The van der Waals surface area contributed by atoms with Crippen LogP contribution in [0, 0.1) is 12.8 Å². The molecule has 2 atom stereocenters. The van der Waals surface area contributed by atoms with Gasteiger partial charge >= 0.3 is 0 Å². The molecule has 1 aliphatic carbocycles. The van der Waals surface area contributed by atoms with Crippen molar-refractivity contribution < 1.29 is 4.52 Å². The molecule has 1 aliphatic rings. The summed E-state index contributed by atoms with van der Waals surface area (Å²) in [5.41, 5.74) is 2.25. The Morgan fingerprint density at radius 3 is 3.00 bits per heavy atom. The van der Waals surface area contributed by atoms with Gasteiger partial charge in [0.1, 0.15) is 5.76 Å². The van der Waals surface area contributed by atoms with Crippen LogP contribution in [0.2, 0.25) is 0 Å². The molecule has 2 heterocycles. The number of thioether (sulfide) groups is 1. The Hall–Kier alpha value is -1.27. The van der Waals surface area contributed by atoms with Crippen molar-refractivity contribution in [3.05, 3.63) is 29.4 Å². The van der Waals surface area contributed by atoms with Crippen molar-refractivity contribution in [1.82, 2.24) is 20.0 Å². The Bertz CT molecular complexity index is 636. The highest BCUT2D eigenvalue weighted by Crippen LogP contribution is 2.29. The second-order valence-electron chi connectivity index (χ2n) is 6.30. The fraction of sp³-hybridized carbons (Fsp3) is 0.647. The van der Waals surface area contributed by atoms with E-state index in [1.54, 1.807) is 11.8 Å². The minimum Gasteiger partial charge on any atom is -0.361 e. The first-order valence-corrected chi connectivity index (χ1v) is 9.67. The molecule has 1 saturated carbocycles. The molecule has 2 aromatic rings. The number of imidazole rings is 1. The number of nitrogens with zero attached hydrogens (tertiary/aromatic N) is 3. The second kappa shape index (κ2) is 7.53. The highest BCUT2D eigenvalue weighted by atomic mass is 32.2. The summed E-state index contributed by atoms with van der Waals surface area (Å²) in [7, 11) is 0. The SMILES string of the molecule is CCn1c(CN[C@@H]2CCC[C@H]2Cc2cc(C)no2)cnc1SC. The largest absolute Gasteiger partial charge is 0.361 e. The van der Waals surface area contributed by atoms with Gasteiger partial charge < -0.3 is 14.4 Å². The molecule has 0 bridgehead atoms. The number of nitrogens with one attached hydrogen (secondary N) is 1. The van der Waals surface area contributed by atoms with Gasteiger partial charge in [0.25, 0.3) is 0 Å². The molecule has 6 heteroatoms. The molecule has 0 unspecified atom stereocenters. The Labute approximate surface area is 142 Å². The molecular formula is C17H26N4OS. The molecule has 0 saturated heterocycles. The van der Waals surface area contributed by atoms with Crippen LogP contribution in [0.1, 0.15) is 43.3 Å². The van der Waals surface area contributed by atoms with E-state index in [1.807, 2.05) is 13.1 Å². The summed E-state index contributed by atoms with van der Waals surface area (Å²) in [5.74, 6) is 1.66. The van der Waals surface area contributed by atoms with Gasteiger partial charge in [-0.3, -0.25) is 0 Å². The number of aromatic nitrogens is 3. The van der Waals surface area contributed by atoms with Crippen LogP contribution in [0.4, 0.5) is 0 Å². The van der Waals surface area contributed by atoms with Crippen LogP contribution in [0.15, 0.2) is 21.9 Å². The summed E-state index contributed by atoms with van der Waals surface area (Å²) in [4.78, 5) is 4.50. The highest BCUT2D eigenvalue weighted by molar-refractivity contribution is 7.98. The lowest BCUT2D eigenvalue weighted by molar-refractivity contribution is 0.328. The Morgan fingerprint density at radius 2 is 2.30 bits per heavy atom. The van der Waals surface area contributed by atoms with E-state index < -0.39 is 0 Å². The molecule has 0 aliphatic heterocycles. The number of hydrogen-bond donors (Lipinski definition) is 1. The first-order chi connectivity index (χ1) is 11.2. The first kappa shape index (κ1) is 16.6. The lowest BCUT2D eigenvalue weighted by Gasteiger charge is -2.20. The molecule has 126 valence electrons. The second-order valence-corrected chi connectivity index (χ2v) is 7.07. The molecule has 23 heavy (non-hydrogen) atoms. The molecule has 0 aromatic carbocycles. The third-order valence-electron chi connectivity index (χ3n) is 4.75. The topological polar surface area (TPSA) is 55.9 Å². The zero-order valence-corrected chi connectivity index (χ0v) is 15.0. The standard InChI is InChI=1S/C17H26N4OS/c1-4-21-14(11-19-17(21)23-3)10-18-16-7-5-6-13(16)9-15-8-12(2)20-22-15/h8,11,13,16,18H,4-7,9-10H2,1-3H3/t13-,16+/m0/s1. The predicted molar refractivity (Wildman–Crippen MR) is 92.6 cm³/mol.